The summed E-state index contributed by atoms with van der Waals surface area (Å²) in [6, 6.07) is 2.48. The first kappa shape index (κ1) is 76.1. The number of phenolic OH excluding ortho intramolecular Hbond substituents is 1. The van der Waals surface area contributed by atoms with E-state index in [4.69, 9.17) is 17.2 Å². The molecule has 3 rings (SSSR count). The van der Waals surface area contributed by atoms with Gasteiger partial charge in [0.1, 0.15) is 54.1 Å². The fourth-order valence-electron chi connectivity index (χ4n) is 10.0. The van der Waals surface area contributed by atoms with Gasteiger partial charge < -0.3 is 80.2 Å². The molecule has 0 bridgehead atoms. The van der Waals surface area contributed by atoms with Gasteiger partial charge >= 0.3 is 5.97 Å². The molecule has 0 aliphatic heterocycles. The maximum absolute atomic E-state index is 14.4. The van der Waals surface area contributed by atoms with Gasteiger partial charge in [-0.15, -0.1) is 0 Å². The van der Waals surface area contributed by atoms with Gasteiger partial charge in [-0.25, -0.2) is 0 Å². The third kappa shape index (κ3) is 28.6. The van der Waals surface area contributed by atoms with E-state index in [0.717, 1.165) is 42.7 Å². The van der Waals surface area contributed by atoms with Crippen molar-refractivity contribution in [1.82, 2.24) is 52.8 Å². The van der Waals surface area contributed by atoms with Crippen molar-refractivity contribution >= 4 is 75.9 Å². The maximum atomic E-state index is 14.4. The molecule has 2 aromatic carbocycles. The molecule has 26 nitrogen and oxygen atoms in total. The molecule has 9 atom stereocenters. The van der Waals surface area contributed by atoms with E-state index in [-0.39, 0.29) is 56.9 Å². The minimum Gasteiger partial charge on any atom is -0.508 e. The molecule has 26 heteroatoms. The monoisotopic (exact) mass is 1260 g/mol. The molecule has 0 aliphatic carbocycles. The van der Waals surface area contributed by atoms with Crippen molar-refractivity contribution in [3.05, 3.63) is 65.9 Å². The number of H-pyrrole nitrogens is 1. The number of phenols is 1. The van der Waals surface area contributed by atoms with Gasteiger partial charge in [0.05, 0.1) is 13.0 Å². The van der Waals surface area contributed by atoms with Gasteiger partial charge in [0, 0.05) is 36.4 Å². The first-order chi connectivity index (χ1) is 43.0. The van der Waals surface area contributed by atoms with Gasteiger partial charge in [0.2, 0.25) is 59.1 Å². The summed E-state index contributed by atoms with van der Waals surface area (Å²) in [6.45, 7) is 8.16. The number of carbonyl (C=O) groups excluding carboxylic acids is 10. The molecule has 10 amide bonds. The number of unbranched alkanes of at least 4 members (excludes halogenated alkanes) is 12. The second-order valence-electron chi connectivity index (χ2n) is 23.3. The van der Waals surface area contributed by atoms with Crippen LogP contribution in [0.25, 0.3) is 10.9 Å². The number of hydrogen-bond donors (Lipinski definition) is 15. The number of aromatic nitrogens is 1. The Kier molecular flexibility index (Phi) is 35.5. The van der Waals surface area contributed by atoms with E-state index in [2.05, 4.69) is 59.8 Å². The van der Waals surface area contributed by atoms with Crippen LogP contribution < -0.4 is 65.1 Å². The SMILES string of the molecule is CCCCCCCCCCCCCC(=O)N[C@@H](Cc1c[nH]c2ccccc12)C(=O)N[C@@H](C)C(=O)NCC(=O)N[C@H](C(=O)N[C@@H](CCCCN)C(=O)N[C@@H](CCCCN)C(=O)N[C@@H](Cc1ccc(O)cc1)C(=O)N[C@@H](CC(N)=O)C(=O)N[C@@H](C)C(=O)O)[C@@H](C)CC. The van der Waals surface area contributed by atoms with E-state index in [0.29, 0.717) is 44.1 Å². The Hall–Kier alpha value is -8.13. The quantitative estimate of drug-likeness (QED) is 0.0362. The molecule has 0 radical (unpaired) electrons. The van der Waals surface area contributed by atoms with Gasteiger partial charge in [0.25, 0.3) is 0 Å². The second kappa shape index (κ2) is 42.0. The largest absolute Gasteiger partial charge is 0.508 e. The Morgan fingerprint density at radius 2 is 1.01 bits per heavy atom. The number of para-hydroxylation sites is 1. The summed E-state index contributed by atoms with van der Waals surface area (Å²) in [5.74, 6) is -9.90. The van der Waals surface area contributed by atoms with E-state index < -0.39 is 126 Å². The number of hydrogen-bond acceptors (Lipinski definition) is 14. The molecule has 1 aromatic heterocycles. The van der Waals surface area contributed by atoms with Crippen LogP contribution in [0, 0.1) is 5.92 Å². The van der Waals surface area contributed by atoms with Crippen LogP contribution in [0.1, 0.15) is 174 Å². The topological polar surface area (TPSA) is 430 Å². The lowest BCUT2D eigenvalue weighted by molar-refractivity contribution is -0.142. The van der Waals surface area contributed by atoms with Crippen LogP contribution in [0.15, 0.2) is 54.7 Å². The van der Waals surface area contributed by atoms with Gasteiger partial charge in [-0.1, -0.05) is 122 Å². The molecular weight excluding hydrogens is 1160 g/mol. The van der Waals surface area contributed by atoms with E-state index in [9.17, 15) is 63.0 Å². The lowest BCUT2D eigenvalue weighted by Gasteiger charge is -2.28. The third-order valence-electron chi connectivity index (χ3n) is 15.7. The number of aliphatic carboxylic acids is 1. The first-order valence-electron chi connectivity index (χ1n) is 31.9. The van der Waals surface area contributed by atoms with Crippen molar-refractivity contribution in [2.75, 3.05) is 19.6 Å². The molecule has 500 valence electrons. The normalized spacial score (nSPS) is 14.2. The zero-order valence-electron chi connectivity index (χ0n) is 53.2. The summed E-state index contributed by atoms with van der Waals surface area (Å²) in [6.07, 6.45) is 15.4. The Bertz CT molecular complexity index is 2780. The number of rotatable bonds is 46. The lowest BCUT2D eigenvalue weighted by Crippen LogP contribution is -2.60. The van der Waals surface area contributed by atoms with Crippen molar-refractivity contribution in [1.29, 1.82) is 0 Å². The molecule has 3 aromatic rings. The van der Waals surface area contributed by atoms with Crippen molar-refractivity contribution < 1.29 is 63.0 Å². The van der Waals surface area contributed by atoms with E-state index in [1.165, 1.54) is 76.1 Å². The number of amides is 10. The number of aromatic hydroxyl groups is 1. The minimum atomic E-state index is -1.67. The van der Waals surface area contributed by atoms with Crippen LogP contribution in [0.3, 0.4) is 0 Å². The van der Waals surface area contributed by atoms with Crippen molar-refractivity contribution in [3.8, 4) is 5.75 Å². The zero-order valence-corrected chi connectivity index (χ0v) is 53.2. The molecule has 0 aliphatic rings. The van der Waals surface area contributed by atoms with Crippen LogP contribution >= 0.6 is 0 Å². The number of nitrogens with one attached hydrogen (secondary N) is 10. The van der Waals surface area contributed by atoms with Gasteiger partial charge in [-0.05, 0) is 107 Å². The number of carboxylic acids is 1. The average molecular weight is 1260 g/mol. The summed E-state index contributed by atoms with van der Waals surface area (Å²) < 4.78 is 0. The number of benzene rings is 2. The third-order valence-corrected chi connectivity index (χ3v) is 15.7. The number of aromatic amines is 1. The van der Waals surface area contributed by atoms with E-state index >= 15 is 0 Å². The van der Waals surface area contributed by atoms with E-state index in [1.54, 1.807) is 20.0 Å². The number of carboxylic acid groups (broad SMARTS) is 1. The highest BCUT2D eigenvalue weighted by atomic mass is 16.4. The smallest absolute Gasteiger partial charge is 0.325 e. The molecule has 0 fully saturated rings. The predicted molar refractivity (Wildman–Crippen MR) is 341 cm³/mol. The van der Waals surface area contributed by atoms with Crippen LogP contribution in [0.2, 0.25) is 0 Å². The highest BCUT2D eigenvalue weighted by Gasteiger charge is 2.35. The van der Waals surface area contributed by atoms with Crippen LogP contribution in [0.5, 0.6) is 5.75 Å². The van der Waals surface area contributed by atoms with E-state index in [1.807, 2.05) is 24.3 Å². The number of nitrogens with two attached hydrogens (primary N) is 3. The minimum absolute atomic E-state index is 0.00714. The molecular formula is C64H101N13O13. The average Bonchev–Trinajstić information content (AvgIpc) is 4.09. The first-order valence-corrected chi connectivity index (χ1v) is 31.9. The van der Waals surface area contributed by atoms with Crippen LogP contribution in [0.4, 0.5) is 0 Å². The van der Waals surface area contributed by atoms with Gasteiger partial charge in [-0.3, -0.25) is 52.7 Å². The highest BCUT2D eigenvalue weighted by molar-refractivity contribution is 5.99. The molecule has 0 unspecified atom stereocenters. The zero-order chi connectivity index (χ0) is 66.5. The number of carbonyl (C=O) groups is 11. The van der Waals surface area contributed by atoms with Crippen molar-refractivity contribution in [2.45, 2.75) is 224 Å². The Balaban J connectivity index is 1.75. The number of primary amides is 1. The van der Waals surface area contributed by atoms with Crippen molar-refractivity contribution in [2.24, 2.45) is 23.1 Å². The molecule has 0 spiro atoms. The fraction of sp³-hybridized carbons (Fsp3) is 0.609. The van der Waals surface area contributed by atoms with Gasteiger partial charge in [0.15, 0.2) is 0 Å². The molecule has 90 heavy (non-hydrogen) atoms. The maximum Gasteiger partial charge on any atom is 0.325 e. The fourth-order valence-corrected chi connectivity index (χ4v) is 10.0. The summed E-state index contributed by atoms with van der Waals surface area (Å²) in [4.78, 5) is 151. The Morgan fingerprint density at radius 3 is 1.58 bits per heavy atom. The van der Waals surface area contributed by atoms with Crippen molar-refractivity contribution in [3.63, 3.8) is 0 Å². The standard InChI is InChI=1S/C64H101N13O13/c1-6-8-9-10-11-12-13-14-15-16-17-28-54(80)72-51(36-44-38-68-47-25-19-18-24-46(44)47)60(85)70-41(4)57(82)69-39-55(81)77-56(40(3)7-2)63(88)74-49(27-21-23-34-66)58(83)73-48(26-20-22-33-65)59(84)75-50(35-43-29-31-45(78)32-30-43)62(87)76-52(37-53(67)79)61(86)71-42(5)64(89)90/h18-19,24-25,29-32,38,40-42,48-52,56,68,78H,6-17,20-23,26-28,33-37,39,65-66H2,1-5H3,(H2,67,79)(H,69,82)(H,70,85)(H,71,86)(H,72,80)(H,73,83)(H,74,88)(H,75,84)(H,76,87)(H,77,81)(H,89,90)/t40-,41-,42-,48-,49-,50-,51-,52-,56-/m0/s1. The summed E-state index contributed by atoms with van der Waals surface area (Å²) in [5, 5.41) is 43.6. The molecule has 18 N–H and O–H groups in total. The predicted octanol–water partition coefficient (Wildman–Crippen LogP) is 2.66. The molecule has 1 heterocycles. The molecule has 0 saturated carbocycles. The summed E-state index contributed by atoms with van der Waals surface area (Å²) >= 11 is 0. The van der Waals surface area contributed by atoms with Crippen LogP contribution in [-0.4, -0.2) is 148 Å². The molecule has 0 saturated heterocycles. The summed E-state index contributed by atoms with van der Waals surface area (Å²) in [7, 11) is 0. The van der Waals surface area contributed by atoms with Gasteiger partial charge in [-0.2, -0.15) is 0 Å². The Morgan fingerprint density at radius 1 is 0.511 bits per heavy atom. The van der Waals surface area contributed by atoms with Crippen LogP contribution in [-0.2, 0) is 65.6 Å². The number of fused-ring (bicyclic) bond motifs is 1. The highest BCUT2D eigenvalue weighted by Crippen LogP contribution is 2.21. The summed E-state index contributed by atoms with van der Waals surface area (Å²) in [5.41, 5.74) is 19.0. The Labute approximate surface area is 528 Å². The second-order valence-corrected chi connectivity index (χ2v) is 23.3. The lowest BCUT2D eigenvalue weighted by atomic mass is 9.97.